The fraction of sp³-hybridized carbons (Fsp3) is 0.692. The maximum atomic E-state index is 11.0. The molecule has 4 nitrogen and oxygen atoms in total. The van der Waals surface area contributed by atoms with Crippen molar-refractivity contribution in [1.82, 2.24) is 14.5 Å². The van der Waals surface area contributed by atoms with Crippen LogP contribution in [0, 0.1) is 0 Å². The van der Waals surface area contributed by atoms with E-state index >= 15 is 0 Å². The van der Waals surface area contributed by atoms with Crippen molar-refractivity contribution in [3.05, 3.63) is 18.2 Å². The van der Waals surface area contributed by atoms with Gasteiger partial charge in [-0.3, -0.25) is 4.79 Å². The number of aromatic nitrogens is 2. The number of nitrogens with zero attached hydrogens (tertiary/aromatic N) is 3. The van der Waals surface area contributed by atoms with Crippen LogP contribution in [0.4, 0.5) is 0 Å². The van der Waals surface area contributed by atoms with E-state index in [1.54, 1.807) is 6.20 Å². The quantitative estimate of drug-likeness (QED) is 0.732. The van der Waals surface area contributed by atoms with Gasteiger partial charge in [-0.2, -0.15) is 0 Å². The lowest BCUT2D eigenvalue weighted by Crippen LogP contribution is -2.50. The minimum atomic E-state index is 0.462. The van der Waals surface area contributed by atoms with Crippen molar-refractivity contribution in [2.75, 3.05) is 7.05 Å². The largest absolute Gasteiger partial charge is 0.325 e. The van der Waals surface area contributed by atoms with Crippen molar-refractivity contribution in [1.29, 1.82) is 0 Å². The van der Waals surface area contributed by atoms with E-state index in [-0.39, 0.29) is 0 Å². The first-order chi connectivity index (χ1) is 8.29. The number of fused-ring (bicyclic) bond motifs is 2. The molecule has 3 heterocycles. The topological polar surface area (TPSA) is 38.1 Å². The van der Waals surface area contributed by atoms with Crippen LogP contribution in [0.5, 0.6) is 0 Å². The van der Waals surface area contributed by atoms with Crippen molar-refractivity contribution in [3.63, 3.8) is 0 Å². The highest BCUT2D eigenvalue weighted by molar-refractivity contribution is 5.71. The van der Waals surface area contributed by atoms with Crippen LogP contribution in [-0.2, 0) is 0 Å². The van der Waals surface area contributed by atoms with Gasteiger partial charge in [-0.05, 0) is 32.7 Å². The summed E-state index contributed by atoms with van der Waals surface area (Å²) in [5, 5.41) is 0. The summed E-state index contributed by atoms with van der Waals surface area (Å²) in [6.45, 7) is 0. The lowest BCUT2D eigenvalue weighted by atomic mass is 9.82. The third-order valence-electron chi connectivity index (χ3n) is 4.53. The zero-order valence-corrected chi connectivity index (χ0v) is 10.2. The number of carbonyl (C=O) groups is 1. The standard InChI is InChI=1S/C13H19N3O/c1-15-10-3-2-4-11(15)6-12(5-10)16-9-14-7-13(16)8-17/h7-12H,2-6H2,1H3. The summed E-state index contributed by atoms with van der Waals surface area (Å²) in [5.74, 6) is 0. The van der Waals surface area contributed by atoms with E-state index in [2.05, 4.69) is 21.5 Å². The normalized spacial score (nSPS) is 33.6. The zero-order chi connectivity index (χ0) is 11.8. The second-order valence-electron chi connectivity index (χ2n) is 5.37. The predicted octanol–water partition coefficient (Wildman–Crippen LogP) is 1.88. The molecule has 92 valence electrons. The highest BCUT2D eigenvalue weighted by Crippen LogP contribution is 2.38. The Morgan fingerprint density at radius 2 is 2.00 bits per heavy atom. The maximum absolute atomic E-state index is 11.0. The van der Waals surface area contributed by atoms with Crippen LogP contribution in [0.25, 0.3) is 0 Å². The Balaban J connectivity index is 1.84. The highest BCUT2D eigenvalue weighted by atomic mass is 16.1. The SMILES string of the molecule is CN1C2CCCC1CC(n1cncc1C=O)C2. The van der Waals surface area contributed by atoms with Crippen LogP contribution in [0.3, 0.4) is 0 Å². The second kappa shape index (κ2) is 4.26. The van der Waals surface area contributed by atoms with E-state index in [1.807, 2.05) is 6.33 Å². The molecule has 2 atom stereocenters. The van der Waals surface area contributed by atoms with Crippen LogP contribution in [0.1, 0.15) is 48.6 Å². The third-order valence-corrected chi connectivity index (χ3v) is 4.53. The third kappa shape index (κ3) is 1.80. The fourth-order valence-electron chi connectivity index (χ4n) is 3.53. The van der Waals surface area contributed by atoms with Gasteiger partial charge in [-0.1, -0.05) is 6.42 Å². The molecule has 0 aromatic carbocycles. The van der Waals surface area contributed by atoms with Crippen molar-refractivity contribution in [3.8, 4) is 0 Å². The zero-order valence-electron chi connectivity index (χ0n) is 10.2. The molecule has 2 unspecified atom stereocenters. The Morgan fingerprint density at radius 3 is 2.65 bits per heavy atom. The van der Waals surface area contributed by atoms with Crippen molar-refractivity contribution >= 4 is 6.29 Å². The smallest absolute Gasteiger partial charge is 0.168 e. The Labute approximate surface area is 102 Å². The number of piperidine rings is 2. The molecule has 0 spiro atoms. The van der Waals surface area contributed by atoms with E-state index in [0.717, 1.165) is 24.8 Å². The summed E-state index contributed by atoms with van der Waals surface area (Å²) in [4.78, 5) is 17.6. The van der Waals surface area contributed by atoms with Crippen LogP contribution in [0.15, 0.2) is 12.5 Å². The summed E-state index contributed by atoms with van der Waals surface area (Å²) in [7, 11) is 2.25. The van der Waals surface area contributed by atoms with E-state index < -0.39 is 0 Å². The molecule has 3 rings (SSSR count). The average Bonchev–Trinajstić information content (AvgIpc) is 2.76. The van der Waals surface area contributed by atoms with E-state index in [1.165, 1.54) is 19.3 Å². The summed E-state index contributed by atoms with van der Waals surface area (Å²) >= 11 is 0. The van der Waals surface area contributed by atoms with Crippen molar-refractivity contribution in [2.24, 2.45) is 0 Å². The predicted molar refractivity (Wildman–Crippen MR) is 65.1 cm³/mol. The highest BCUT2D eigenvalue weighted by Gasteiger charge is 2.36. The first-order valence-electron chi connectivity index (χ1n) is 6.48. The number of carbonyl (C=O) groups excluding carboxylic acids is 1. The minimum absolute atomic E-state index is 0.462. The number of imidazole rings is 1. The summed E-state index contributed by atoms with van der Waals surface area (Å²) < 4.78 is 2.07. The molecule has 0 N–H and O–H groups in total. The molecule has 0 aliphatic carbocycles. The van der Waals surface area contributed by atoms with Gasteiger partial charge in [0.2, 0.25) is 0 Å². The van der Waals surface area contributed by atoms with Crippen LogP contribution in [0.2, 0.25) is 0 Å². The molecule has 17 heavy (non-hydrogen) atoms. The van der Waals surface area contributed by atoms with Gasteiger partial charge in [0.1, 0.15) is 5.69 Å². The van der Waals surface area contributed by atoms with Gasteiger partial charge >= 0.3 is 0 Å². The minimum Gasteiger partial charge on any atom is -0.325 e. The lowest BCUT2D eigenvalue weighted by molar-refractivity contribution is 0.0394. The Morgan fingerprint density at radius 1 is 1.29 bits per heavy atom. The van der Waals surface area contributed by atoms with Gasteiger partial charge in [0.15, 0.2) is 6.29 Å². The van der Waals surface area contributed by atoms with E-state index in [0.29, 0.717) is 18.1 Å². The molecule has 2 bridgehead atoms. The van der Waals surface area contributed by atoms with Gasteiger partial charge < -0.3 is 9.47 Å². The fourth-order valence-corrected chi connectivity index (χ4v) is 3.53. The maximum Gasteiger partial charge on any atom is 0.168 e. The molecule has 2 aliphatic heterocycles. The van der Waals surface area contributed by atoms with Gasteiger partial charge in [0, 0.05) is 18.1 Å². The molecule has 0 amide bonds. The number of hydrogen-bond acceptors (Lipinski definition) is 3. The molecule has 2 aliphatic rings. The van der Waals surface area contributed by atoms with Crippen LogP contribution in [-0.4, -0.2) is 39.9 Å². The number of hydrogen-bond donors (Lipinski definition) is 0. The van der Waals surface area contributed by atoms with E-state index in [9.17, 15) is 4.79 Å². The molecule has 0 saturated carbocycles. The van der Waals surface area contributed by atoms with Gasteiger partial charge in [-0.15, -0.1) is 0 Å². The van der Waals surface area contributed by atoms with Gasteiger partial charge in [0.25, 0.3) is 0 Å². The molecule has 2 fully saturated rings. The number of aldehydes is 1. The molecular formula is C13H19N3O. The molecule has 1 aromatic heterocycles. The monoisotopic (exact) mass is 233 g/mol. The van der Waals surface area contributed by atoms with Crippen LogP contribution < -0.4 is 0 Å². The first kappa shape index (κ1) is 11.0. The Hall–Kier alpha value is -1.16. The number of rotatable bonds is 2. The van der Waals surface area contributed by atoms with Gasteiger partial charge in [0.05, 0.1) is 12.5 Å². The van der Waals surface area contributed by atoms with Crippen molar-refractivity contribution < 1.29 is 4.79 Å². The summed E-state index contributed by atoms with van der Waals surface area (Å²) in [6.07, 6.45) is 10.7. The molecule has 2 saturated heterocycles. The lowest BCUT2D eigenvalue weighted by Gasteiger charge is -2.47. The Kier molecular flexibility index (Phi) is 2.74. The first-order valence-corrected chi connectivity index (χ1v) is 6.48. The molecule has 1 aromatic rings. The van der Waals surface area contributed by atoms with Gasteiger partial charge in [-0.25, -0.2) is 4.98 Å². The van der Waals surface area contributed by atoms with Crippen molar-refractivity contribution in [2.45, 2.75) is 50.2 Å². The summed E-state index contributed by atoms with van der Waals surface area (Å²) in [6, 6.07) is 1.84. The summed E-state index contributed by atoms with van der Waals surface area (Å²) in [5.41, 5.74) is 0.720. The second-order valence-corrected chi connectivity index (χ2v) is 5.37. The van der Waals surface area contributed by atoms with Crippen LogP contribution >= 0.6 is 0 Å². The average molecular weight is 233 g/mol. The van der Waals surface area contributed by atoms with E-state index in [4.69, 9.17) is 0 Å². The molecule has 4 heteroatoms. The molecule has 0 radical (unpaired) electrons. The Bertz CT molecular complexity index is 401. The molecular weight excluding hydrogens is 214 g/mol.